The van der Waals surface area contributed by atoms with Crippen molar-refractivity contribution in [1.29, 1.82) is 0 Å². The topological polar surface area (TPSA) is 41.1 Å². The van der Waals surface area contributed by atoms with Crippen LogP contribution < -0.4 is 10.6 Å². The van der Waals surface area contributed by atoms with E-state index in [1.54, 1.807) is 0 Å². The van der Waals surface area contributed by atoms with Gasteiger partial charge in [-0.3, -0.25) is 4.79 Å². The van der Waals surface area contributed by atoms with Gasteiger partial charge >= 0.3 is 0 Å². The molecule has 86 valence electrons. The second kappa shape index (κ2) is 4.12. The molecule has 0 aromatic rings. The summed E-state index contributed by atoms with van der Waals surface area (Å²) in [5.41, 5.74) is 0.283. The van der Waals surface area contributed by atoms with Crippen LogP contribution >= 0.6 is 0 Å². The molecule has 2 fully saturated rings. The first-order valence-corrected chi connectivity index (χ1v) is 6.08. The summed E-state index contributed by atoms with van der Waals surface area (Å²) in [6.07, 6.45) is 4.05. The molecule has 1 saturated heterocycles. The maximum absolute atomic E-state index is 11.6. The Morgan fingerprint density at radius 3 is 2.47 bits per heavy atom. The van der Waals surface area contributed by atoms with Crippen LogP contribution in [0.2, 0.25) is 0 Å². The number of rotatable bonds is 4. The van der Waals surface area contributed by atoms with E-state index < -0.39 is 0 Å². The van der Waals surface area contributed by atoms with Crippen LogP contribution in [0.25, 0.3) is 0 Å². The van der Waals surface area contributed by atoms with E-state index in [4.69, 9.17) is 0 Å². The molecular weight excluding hydrogens is 188 g/mol. The highest BCUT2D eigenvalue weighted by atomic mass is 16.2. The molecule has 2 N–H and O–H groups in total. The monoisotopic (exact) mass is 210 g/mol. The van der Waals surface area contributed by atoms with Crippen molar-refractivity contribution in [2.45, 2.75) is 33.1 Å². The molecule has 3 heteroatoms. The van der Waals surface area contributed by atoms with E-state index in [9.17, 15) is 4.79 Å². The third-order valence-electron chi connectivity index (χ3n) is 4.08. The van der Waals surface area contributed by atoms with Crippen molar-refractivity contribution in [2.24, 2.45) is 17.3 Å². The lowest BCUT2D eigenvalue weighted by molar-refractivity contribution is -0.127. The molecule has 0 aromatic carbocycles. The van der Waals surface area contributed by atoms with Crippen LogP contribution in [0.3, 0.4) is 0 Å². The molecule has 1 saturated carbocycles. The van der Waals surface area contributed by atoms with Crippen LogP contribution in [0.4, 0.5) is 0 Å². The summed E-state index contributed by atoms with van der Waals surface area (Å²) in [6, 6.07) is 0. The zero-order valence-electron chi connectivity index (χ0n) is 9.81. The summed E-state index contributed by atoms with van der Waals surface area (Å²) in [7, 11) is 0. The molecule has 15 heavy (non-hydrogen) atoms. The summed E-state index contributed by atoms with van der Waals surface area (Å²) in [5.74, 6) is 1.28. The molecule has 3 nitrogen and oxygen atoms in total. The van der Waals surface area contributed by atoms with Crippen molar-refractivity contribution < 1.29 is 4.79 Å². The van der Waals surface area contributed by atoms with Crippen LogP contribution in [0, 0.1) is 17.3 Å². The molecule has 2 aliphatic rings. The highest BCUT2D eigenvalue weighted by Crippen LogP contribution is 2.41. The quantitative estimate of drug-likeness (QED) is 0.731. The molecule has 2 rings (SSSR count). The standard InChI is InChI=1S/C12H22N2O/c1-12(2,10-4-3-5-10)8-14-11(15)9-6-13-7-9/h9-10,13H,3-8H2,1-2H3,(H,14,15). The lowest BCUT2D eigenvalue weighted by atomic mass is 9.67. The first-order chi connectivity index (χ1) is 7.09. The second-order valence-electron chi connectivity index (χ2n) is 5.69. The van der Waals surface area contributed by atoms with Crippen LogP contribution in [0.5, 0.6) is 0 Å². The lowest BCUT2D eigenvalue weighted by Crippen LogP contribution is -2.52. The second-order valence-corrected chi connectivity index (χ2v) is 5.69. The van der Waals surface area contributed by atoms with Gasteiger partial charge in [0.05, 0.1) is 5.92 Å². The van der Waals surface area contributed by atoms with E-state index in [2.05, 4.69) is 24.5 Å². The van der Waals surface area contributed by atoms with Gasteiger partial charge in [0, 0.05) is 19.6 Å². The highest BCUT2D eigenvalue weighted by molar-refractivity contribution is 5.80. The molecule has 0 bridgehead atoms. The van der Waals surface area contributed by atoms with E-state index in [-0.39, 0.29) is 17.2 Å². The van der Waals surface area contributed by atoms with Gasteiger partial charge in [0.25, 0.3) is 0 Å². The van der Waals surface area contributed by atoms with Gasteiger partial charge < -0.3 is 10.6 Å². The Labute approximate surface area is 92.0 Å². The van der Waals surface area contributed by atoms with Crippen molar-refractivity contribution in [3.8, 4) is 0 Å². The Bertz CT molecular complexity index is 242. The number of amides is 1. The number of nitrogens with one attached hydrogen (secondary N) is 2. The number of carbonyl (C=O) groups excluding carboxylic acids is 1. The summed E-state index contributed by atoms with van der Waals surface area (Å²) in [4.78, 5) is 11.6. The number of hydrogen-bond donors (Lipinski definition) is 2. The minimum absolute atomic E-state index is 0.224. The van der Waals surface area contributed by atoms with Crippen LogP contribution in [0.1, 0.15) is 33.1 Å². The van der Waals surface area contributed by atoms with Crippen molar-refractivity contribution in [2.75, 3.05) is 19.6 Å². The van der Waals surface area contributed by atoms with Gasteiger partial charge in [0.15, 0.2) is 0 Å². The van der Waals surface area contributed by atoms with E-state index in [0.717, 1.165) is 25.6 Å². The Morgan fingerprint density at radius 2 is 2.07 bits per heavy atom. The number of carbonyl (C=O) groups is 1. The molecule has 1 aliphatic carbocycles. The van der Waals surface area contributed by atoms with Crippen molar-refractivity contribution >= 4 is 5.91 Å². The Hall–Kier alpha value is -0.570. The first-order valence-electron chi connectivity index (χ1n) is 6.08. The zero-order chi connectivity index (χ0) is 10.9. The summed E-state index contributed by atoms with van der Waals surface area (Å²) < 4.78 is 0. The van der Waals surface area contributed by atoms with Gasteiger partial charge in [-0.2, -0.15) is 0 Å². The predicted molar refractivity (Wildman–Crippen MR) is 60.5 cm³/mol. The third-order valence-corrected chi connectivity index (χ3v) is 4.08. The maximum Gasteiger partial charge on any atom is 0.225 e. The third kappa shape index (κ3) is 2.33. The SMILES string of the molecule is CC(C)(CNC(=O)C1CNC1)C1CCC1. The van der Waals surface area contributed by atoms with Gasteiger partial charge in [0.1, 0.15) is 0 Å². The van der Waals surface area contributed by atoms with Crippen LogP contribution in [-0.4, -0.2) is 25.5 Å². The smallest absolute Gasteiger partial charge is 0.225 e. The van der Waals surface area contributed by atoms with Gasteiger partial charge in [-0.25, -0.2) is 0 Å². The fourth-order valence-electron chi connectivity index (χ4n) is 2.27. The van der Waals surface area contributed by atoms with Crippen molar-refractivity contribution in [1.82, 2.24) is 10.6 Å². The van der Waals surface area contributed by atoms with Gasteiger partial charge in [-0.15, -0.1) is 0 Å². The van der Waals surface area contributed by atoms with Crippen LogP contribution in [0.15, 0.2) is 0 Å². The molecule has 0 atom stereocenters. The normalized spacial score (nSPS) is 23.1. The molecule has 1 aliphatic heterocycles. The van der Waals surface area contributed by atoms with Gasteiger partial charge in [0.2, 0.25) is 5.91 Å². The minimum Gasteiger partial charge on any atom is -0.355 e. The molecule has 1 amide bonds. The van der Waals surface area contributed by atoms with Gasteiger partial charge in [-0.05, 0) is 24.2 Å². The average Bonchev–Trinajstić information content (AvgIpc) is 1.93. The summed E-state index contributed by atoms with van der Waals surface area (Å²) in [5, 5.41) is 6.22. The average molecular weight is 210 g/mol. The number of hydrogen-bond acceptors (Lipinski definition) is 2. The largest absolute Gasteiger partial charge is 0.355 e. The lowest BCUT2D eigenvalue weighted by Gasteiger charge is -2.41. The Morgan fingerprint density at radius 1 is 1.40 bits per heavy atom. The molecule has 0 aromatic heterocycles. The van der Waals surface area contributed by atoms with Crippen LogP contribution in [-0.2, 0) is 4.79 Å². The molecule has 0 unspecified atom stereocenters. The highest BCUT2D eigenvalue weighted by Gasteiger charge is 2.35. The van der Waals surface area contributed by atoms with Crippen molar-refractivity contribution in [3.05, 3.63) is 0 Å². The summed E-state index contributed by atoms with van der Waals surface area (Å²) in [6.45, 7) is 7.10. The fraction of sp³-hybridized carbons (Fsp3) is 0.917. The van der Waals surface area contributed by atoms with E-state index >= 15 is 0 Å². The van der Waals surface area contributed by atoms with E-state index in [1.165, 1.54) is 19.3 Å². The fourth-order valence-corrected chi connectivity index (χ4v) is 2.27. The Kier molecular flexibility index (Phi) is 3.01. The molecule has 0 radical (unpaired) electrons. The van der Waals surface area contributed by atoms with Crippen molar-refractivity contribution in [3.63, 3.8) is 0 Å². The predicted octanol–water partition coefficient (Wildman–Crippen LogP) is 1.15. The molecule has 1 heterocycles. The summed E-state index contributed by atoms with van der Waals surface area (Å²) >= 11 is 0. The van der Waals surface area contributed by atoms with Gasteiger partial charge in [-0.1, -0.05) is 20.3 Å². The molecule has 0 spiro atoms. The first kappa shape index (κ1) is 10.9. The van der Waals surface area contributed by atoms with E-state index in [0.29, 0.717) is 0 Å². The Balaban J connectivity index is 1.73. The minimum atomic E-state index is 0.224. The zero-order valence-corrected chi connectivity index (χ0v) is 9.81. The molecular formula is C12H22N2O. The maximum atomic E-state index is 11.6. The van der Waals surface area contributed by atoms with E-state index in [1.807, 2.05) is 0 Å².